The van der Waals surface area contributed by atoms with Crippen LogP contribution in [0.2, 0.25) is 0 Å². The van der Waals surface area contributed by atoms with E-state index in [1.807, 2.05) is 39.8 Å². The van der Waals surface area contributed by atoms with E-state index in [0.717, 1.165) is 46.7 Å². The molecule has 1 saturated carbocycles. The molecule has 0 saturated heterocycles. The average molecular weight is 428 g/mol. The zero-order valence-corrected chi connectivity index (χ0v) is 18.6. The molecule has 3 aromatic heterocycles. The number of aliphatic hydroxyl groups is 1. The second-order valence-electron chi connectivity index (χ2n) is 8.56. The second kappa shape index (κ2) is 7.15. The molecule has 0 spiro atoms. The number of ketones is 1. The molecule has 0 radical (unpaired) electrons. The van der Waals surface area contributed by atoms with Crippen LogP contribution in [0.15, 0.2) is 35.5 Å². The van der Waals surface area contributed by atoms with E-state index in [0.29, 0.717) is 27.9 Å². The van der Waals surface area contributed by atoms with Gasteiger partial charge in [0.15, 0.2) is 11.7 Å². The van der Waals surface area contributed by atoms with Gasteiger partial charge in [-0.15, -0.1) is 0 Å². The maximum Gasteiger partial charge on any atom is 0.195 e. The minimum absolute atomic E-state index is 0.111. The molecule has 32 heavy (non-hydrogen) atoms. The number of aliphatic hydroxyl groups excluding tert-OH is 1. The summed E-state index contributed by atoms with van der Waals surface area (Å²) in [7, 11) is 0. The highest BCUT2D eigenvalue weighted by Crippen LogP contribution is 2.43. The average Bonchev–Trinajstić information content (AvgIpc) is 3.44. The molecule has 1 aromatic carbocycles. The van der Waals surface area contributed by atoms with Crippen LogP contribution in [0.5, 0.6) is 0 Å². The van der Waals surface area contributed by atoms with Gasteiger partial charge in [-0.25, -0.2) is 4.98 Å². The van der Waals surface area contributed by atoms with Gasteiger partial charge in [0.1, 0.15) is 17.1 Å². The molecule has 3 heterocycles. The summed E-state index contributed by atoms with van der Waals surface area (Å²) in [6, 6.07) is 5.57. The third-order valence-corrected chi connectivity index (χ3v) is 6.04. The second-order valence-corrected chi connectivity index (χ2v) is 8.56. The smallest absolute Gasteiger partial charge is 0.195 e. The van der Waals surface area contributed by atoms with Crippen LogP contribution in [0, 0.1) is 27.7 Å². The Kier molecular flexibility index (Phi) is 4.51. The monoisotopic (exact) mass is 428 g/mol. The molecule has 7 heteroatoms. The van der Waals surface area contributed by atoms with Gasteiger partial charge in [0.2, 0.25) is 0 Å². The molecule has 4 aromatic rings. The van der Waals surface area contributed by atoms with Gasteiger partial charge in [0.25, 0.3) is 0 Å². The molecule has 1 aliphatic rings. The molecule has 0 bridgehead atoms. The van der Waals surface area contributed by atoms with Gasteiger partial charge in [-0.3, -0.25) is 14.3 Å². The molecule has 7 nitrogen and oxygen atoms in total. The maximum atomic E-state index is 13.8. The summed E-state index contributed by atoms with van der Waals surface area (Å²) in [6.45, 7) is 11.2. The van der Waals surface area contributed by atoms with Crippen molar-refractivity contribution in [2.75, 3.05) is 0 Å². The normalized spacial score (nSPS) is 13.6. The lowest BCUT2D eigenvalue weighted by atomic mass is 9.94. The molecular weight excluding hydrogens is 404 g/mol. The van der Waals surface area contributed by atoms with Crippen LogP contribution in [0.4, 0.5) is 0 Å². The lowest BCUT2D eigenvalue weighted by Gasteiger charge is -2.11. The Morgan fingerprint density at radius 3 is 2.53 bits per heavy atom. The van der Waals surface area contributed by atoms with Crippen molar-refractivity contribution in [2.24, 2.45) is 0 Å². The maximum absolute atomic E-state index is 13.8. The van der Waals surface area contributed by atoms with Crippen LogP contribution in [0.3, 0.4) is 0 Å². The summed E-state index contributed by atoms with van der Waals surface area (Å²) in [6.07, 6.45) is 3.71. The van der Waals surface area contributed by atoms with Crippen molar-refractivity contribution in [3.05, 3.63) is 70.6 Å². The molecule has 162 valence electrons. The molecule has 0 unspecified atom stereocenters. The van der Waals surface area contributed by atoms with Crippen molar-refractivity contribution in [3.8, 4) is 11.1 Å². The van der Waals surface area contributed by atoms with Gasteiger partial charge in [-0.05, 0) is 76.4 Å². The number of benzene rings is 1. The number of hydrogen-bond donors (Lipinski definition) is 1. The van der Waals surface area contributed by atoms with Crippen molar-refractivity contribution < 1.29 is 14.4 Å². The largest absolute Gasteiger partial charge is 0.495 e. The van der Waals surface area contributed by atoms with E-state index in [9.17, 15) is 9.90 Å². The summed E-state index contributed by atoms with van der Waals surface area (Å²) in [5.41, 5.74) is 6.15. The van der Waals surface area contributed by atoms with Crippen molar-refractivity contribution in [2.45, 2.75) is 46.5 Å². The number of pyridine rings is 1. The van der Waals surface area contributed by atoms with Gasteiger partial charge in [-0.2, -0.15) is 0 Å². The summed E-state index contributed by atoms with van der Waals surface area (Å²) < 4.78 is 7.04. The van der Waals surface area contributed by atoms with E-state index in [-0.39, 0.29) is 17.6 Å². The number of imidazole rings is 1. The quantitative estimate of drug-likeness (QED) is 0.337. The summed E-state index contributed by atoms with van der Waals surface area (Å²) in [5.74, 6) is 1.40. The summed E-state index contributed by atoms with van der Waals surface area (Å²) >= 11 is 0. The zero-order chi connectivity index (χ0) is 22.7. The summed E-state index contributed by atoms with van der Waals surface area (Å²) in [5, 5.41) is 14.5. The molecule has 1 aliphatic carbocycles. The van der Waals surface area contributed by atoms with Crippen LogP contribution in [0.1, 0.15) is 63.2 Å². The number of hydrogen-bond acceptors (Lipinski definition) is 6. The van der Waals surface area contributed by atoms with Gasteiger partial charge < -0.3 is 9.63 Å². The Hall–Kier alpha value is -3.74. The Labute approximate surface area is 185 Å². The Bertz CT molecular complexity index is 1400. The molecule has 1 N–H and O–H groups in total. The van der Waals surface area contributed by atoms with Crippen LogP contribution in [-0.2, 0) is 0 Å². The standard InChI is InChI=1S/C25H24N4O3/c1-12-11-26-13(2)8-19(12)24(31)20-9-18(22-14(3)28-32-15(22)4)10-21-23(20)27-25(17-6-7-17)29(21)16(5)30/h8-11,17,30H,5-7H2,1-4H3. The highest BCUT2D eigenvalue weighted by Gasteiger charge is 2.32. The predicted molar refractivity (Wildman–Crippen MR) is 122 cm³/mol. The fourth-order valence-electron chi connectivity index (χ4n) is 4.31. The van der Waals surface area contributed by atoms with Crippen LogP contribution >= 0.6 is 0 Å². The van der Waals surface area contributed by atoms with Crippen LogP contribution < -0.4 is 0 Å². The molecule has 0 atom stereocenters. The first-order chi connectivity index (χ1) is 15.3. The van der Waals surface area contributed by atoms with Crippen LogP contribution in [0.25, 0.3) is 28.0 Å². The minimum Gasteiger partial charge on any atom is -0.495 e. The number of aryl methyl sites for hydroxylation is 4. The molecule has 1 fully saturated rings. The third kappa shape index (κ3) is 3.12. The Balaban J connectivity index is 1.85. The number of carbonyl (C=O) groups is 1. The first-order valence-electron chi connectivity index (χ1n) is 10.6. The van der Waals surface area contributed by atoms with Gasteiger partial charge >= 0.3 is 0 Å². The minimum atomic E-state index is -0.137. The highest BCUT2D eigenvalue weighted by atomic mass is 16.5. The van der Waals surface area contributed by atoms with Crippen molar-refractivity contribution in [1.82, 2.24) is 19.7 Å². The molecular formula is C25H24N4O3. The highest BCUT2D eigenvalue weighted by molar-refractivity contribution is 6.17. The SMILES string of the molecule is C=C(O)n1c(C2CC2)nc2c(C(=O)c3cc(C)ncc3C)cc(-c3c(C)noc3C)cc21. The third-order valence-electron chi connectivity index (χ3n) is 6.04. The number of nitrogens with zero attached hydrogens (tertiary/aromatic N) is 4. The van der Waals surface area contributed by atoms with E-state index >= 15 is 0 Å². The van der Waals surface area contributed by atoms with Crippen molar-refractivity contribution in [1.29, 1.82) is 0 Å². The van der Waals surface area contributed by atoms with Crippen molar-refractivity contribution in [3.63, 3.8) is 0 Å². The molecule has 0 amide bonds. The van der Waals surface area contributed by atoms with Gasteiger partial charge in [-0.1, -0.05) is 5.16 Å². The first kappa shape index (κ1) is 20.2. The Morgan fingerprint density at radius 1 is 1.16 bits per heavy atom. The number of rotatable bonds is 5. The van der Waals surface area contributed by atoms with E-state index in [1.165, 1.54) is 0 Å². The lowest BCUT2D eigenvalue weighted by molar-refractivity contribution is 0.103. The number of carbonyl (C=O) groups excluding carboxylic acids is 1. The van der Waals surface area contributed by atoms with E-state index in [4.69, 9.17) is 9.51 Å². The van der Waals surface area contributed by atoms with Gasteiger partial charge in [0.05, 0.1) is 16.8 Å². The van der Waals surface area contributed by atoms with E-state index in [2.05, 4.69) is 16.7 Å². The first-order valence-corrected chi connectivity index (χ1v) is 10.6. The van der Waals surface area contributed by atoms with Crippen molar-refractivity contribution >= 4 is 22.7 Å². The molecule has 5 rings (SSSR count). The van der Waals surface area contributed by atoms with Crippen LogP contribution in [-0.4, -0.2) is 30.6 Å². The van der Waals surface area contributed by atoms with E-state index < -0.39 is 0 Å². The summed E-state index contributed by atoms with van der Waals surface area (Å²) in [4.78, 5) is 22.9. The Morgan fingerprint density at radius 2 is 1.91 bits per heavy atom. The van der Waals surface area contributed by atoms with E-state index in [1.54, 1.807) is 16.8 Å². The molecule has 0 aliphatic heterocycles. The number of aromatic nitrogens is 4. The fraction of sp³-hybridized carbons (Fsp3) is 0.280. The lowest BCUT2D eigenvalue weighted by Crippen LogP contribution is -2.07. The zero-order valence-electron chi connectivity index (χ0n) is 18.6. The van der Waals surface area contributed by atoms with Gasteiger partial charge in [0, 0.05) is 28.9 Å². The fourth-order valence-corrected chi connectivity index (χ4v) is 4.31. The predicted octanol–water partition coefficient (Wildman–Crippen LogP) is 5.41. The topological polar surface area (TPSA) is 94.0 Å². The number of fused-ring (bicyclic) bond motifs is 1.